The molecule has 1 heterocycles. The maximum absolute atomic E-state index is 11.3. The Bertz CT molecular complexity index is 524. The minimum absolute atomic E-state index is 0.0919. The van der Waals surface area contributed by atoms with E-state index in [0.717, 1.165) is 6.42 Å². The van der Waals surface area contributed by atoms with Gasteiger partial charge in [-0.05, 0) is 30.5 Å². The molecule has 0 radical (unpaired) electrons. The van der Waals surface area contributed by atoms with Crippen LogP contribution in [0.2, 0.25) is 5.02 Å². The molecule has 1 fully saturated rings. The molecule has 0 aromatic heterocycles. The number of carboxylic acid groups (broad SMARTS) is 1. The molecular weight excluding hydrogens is 252 g/mol. The zero-order chi connectivity index (χ0) is 13.3. The average molecular weight is 265 g/mol. The number of hydrogen-bond donors (Lipinski definition) is 1. The second-order valence-corrected chi connectivity index (χ2v) is 4.93. The van der Waals surface area contributed by atoms with Crippen molar-refractivity contribution in [1.82, 2.24) is 0 Å². The molecule has 0 saturated carbocycles. The zero-order valence-corrected chi connectivity index (χ0v) is 10.7. The number of aliphatic carboxylic acids is 1. The first-order valence-corrected chi connectivity index (χ1v) is 6.11. The highest BCUT2D eigenvalue weighted by molar-refractivity contribution is 6.33. The van der Waals surface area contributed by atoms with Crippen molar-refractivity contribution in [3.8, 4) is 6.07 Å². The third-order valence-electron chi connectivity index (χ3n) is 3.34. The Balaban J connectivity index is 2.37. The Kier molecular flexibility index (Phi) is 3.44. The summed E-state index contributed by atoms with van der Waals surface area (Å²) < 4.78 is 0. The van der Waals surface area contributed by atoms with Gasteiger partial charge in [0.15, 0.2) is 0 Å². The van der Waals surface area contributed by atoms with E-state index in [1.54, 1.807) is 23.1 Å². The van der Waals surface area contributed by atoms with Gasteiger partial charge in [-0.3, -0.25) is 0 Å². The van der Waals surface area contributed by atoms with Crippen molar-refractivity contribution < 1.29 is 9.90 Å². The third kappa shape index (κ3) is 2.14. The summed E-state index contributed by atoms with van der Waals surface area (Å²) >= 11 is 6.12. The van der Waals surface area contributed by atoms with Gasteiger partial charge in [0.05, 0.1) is 22.3 Å². The van der Waals surface area contributed by atoms with Gasteiger partial charge in [-0.1, -0.05) is 18.5 Å². The smallest absolute Gasteiger partial charge is 0.326 e. The molecule has 0 bridgehead atoms. The summed E-state index contributed by atoms with van der Waals surface area (Å²) in [5.74, 6) is -0.741. The van der Waals surface area contributed by atoms with E-state index in [2.05, 4.69) is 0 Å². The Morgan fingerprint density at radius 2 is 2.33 bits per heavy atom. The average Bonchev–Trinajstić information content (AvgIpc) is 2.70. The van der Waals surface area contributed by atoms with Crippen LogP contribution >= 0.6 is 11.6 Å². The SMILES string of the molecule is CC1CCN(c2ccc(C#N)cc2Cl)C1C(=O)O. The van der Waals surface area contributed by atoms with E-state index >= 15 is 0 Å². The molecule has 0 aliphatic carbocycles. The minimum Gasteiger partial charge on any atom is -0.480 e. The molecular formula is C13H13ClN2O2. The van der Waals surface area contributed by atoms with Crippen LogP contribution in [0, 0.1) is 17.2 Å². The molecule has 0 amide bonds. The van der Waals surface area contributed by atoms with Gasteiger partial charge in [-0.25, -0.2) is 4.79 Å². The van der Waals surface area contributed by atoms with Crippen LogP contribution in [0.1, 0.15) is 18.9 Å². The van der Waals surface area contributed by atoms with Crippen molar-refractivity contribution in [2.24, 2.45) is 5.92 Å². The normalized spacial score (nSPS) is 22.8. The lowest BCUT2D eigenvalue weighted by Crippen LogP contribution is -2.39. The van der Waals surface area contributed by atoms with Gasteiger partial charge < -0.3 is 10.0 Å². The molecule has 94 valence electrons. The van der Waals surface area contributed by atoms with E-state index in [4.69, 9.17) is 16.9 Å². The first-order valence-electron chi connectivity index (χ1n) is 5.73. The van der Waals surface area contributed by atoms with Gasteiger partial charge in [-0.2, -0.15) is 5.26 Å². The van der Waals surface area contributed by atoms with Gasteiger partial charge >= 0.3 is 5.97 Å². The highest BCUT2D eigenvalue weighted by Gasteiger charge is 2.37. The van der Waals surface area contributed by atoms with Gasteiger partial charge in [-0.15, -0.1) is 0 Å². The van der Waals surface area contributed by atoms with Crippen molar-refractivity contribution >= 4 is 23.3 Å². The topological polar surface area (TPSA) is 64.3 Å². The summed E-state index contributed by atoms with van der Waals surface area (Å²) in [4.78, 5) is 13.1. The lowest BCUT2D eigenvalue weighted by Gasteiger charge is -2.26. The fourth-order valence-corrected chi connectivity index (χ4v) is 2.69. The molecule has 2 atom stereocenters. The molecule has 2 rings (SSSR count). The van der Waals surface area contributed by atoms with E-state index in [-0.39, 0.29) is 5.92 Å². The van der Waals surface area contributed by atoms with Crippen LogP contribution in [-0.2, 0) is 4.79 Å². The lowest BCUT2D eigenvalue weighted by atomic mass is 10.0. The molecule has 4 nitrogen and oxygen atoms in total. The number of hydrogen-bond acceptors (Lipinski definition) is 3. The fourth-order valence-electron chi connectivity index (χ4n) is 2.40. The maximum Gasteiger partial charge on any atom is 0.326 e. The van der Waals surface area contributed by atoms with Crippen molar-refractivity contribution in [3.63, 3.8) is 0 Å². The summed E-state index contributed by atoms with van der Waals surface area (Å²) in [5.41, 5.74) is 1.16. The molecule has 0 spiro atoms. The monoisotopic (exact) mass is 264 g/mol. The Labute approximate surface area is 110 Å². The van der Waals surface area contributed by atoms with E-state index in [1.807, 2.05) is 13.0 Å². The quantitative estimate of drug-likeness (QED) is 0.891. The zero-order valence-electron chi connectivity index (χ0n) is 9.93. The second-order valence-electron chi connectivity index (χ2n) is 4.52. The van der Waals surface area contributed by atoms with Crippen LogP contribution in [0.5, 0.6) is 0 Å². The third-order valence-corrected chi connectivity index (χ3v) is 3.64. The van der Waals surface area contributed by atoms with Crippen LogP contribution in [0.4, 0.5) is 5.69 Å². The Morgan fingerprint density at radius 1 is 1.61 bits per heavy atom. The second kappa shape index (κ2) is 4.87. The number of benzene rings is 1. The largest absolute Gasteiger partial charge is 0.480 e. The summed E-state index contributed by atoms with van der Waals surface area (Å²) in [6.45, 7) is 2.60. The first-order chi connectivity index (χ1) is 8.54. The van der Waals surface area contributed by atoms with Crippen molar-refractivity contribution in [2.75, 3.05) is 11.4 Å². The van der Waals surface area contributed by atoms with E-state index in [1.165, 1.54) is 0 Å². The van der Waals surface area contributed by atoms with Crippen LogP contribution in [0.15, 0.2) is 18.2 Å². The molecule has 2 unspecified atom stereocenters. The molecule has 1 aliphatic heterocycles. The molecule has 18 heavy (non-hydrogen) atoms. The predicted octanol–water partition coefficient (Wildman–Crippen LogP) is 2.51. The summed E-state index contributed by atoms with van der Waals surface area (Å²) in [7, 11) is 0. The number of anilines is 1. The Hall–Kier alpha value is -1.73. The van der Waals surface area contributed by atoms with Crippen LogP contribution in [0.3, 0.4) is 0 Å². The first kappa shape index (κ1) is 12.7. The molecule has 5 heteroatoms. The Morgan fingerprint density at radius 3 is 2.89 bits per heavy atom. The number of carboxylic acids is 1. The highest BCUT2D eigenvalue weighted by atomic mass is 35.5. The number of halogens is 1. The summed E-state index contributed by atoms with van der Waals surface area (Å²) in [6, 6.07) is 6.40. The molecule has 1 aliphatic rings. The van der Waals surface area contributed by atoms with Crippen molar-refractivity contribution in [3.05, 3.63) is 28.8 Å². The number of nitrogens with zero attached hydrogens (tertiary/aromatic N) is 2. The summed E-state index contributed by atoms with van der Waals surface area (Å²) in [6.07, 6.45) is 0.827. The van der Waals surface area contributed by atoms with E-state index in [9.17, 15) is 9.90 Å². The number of carbonyl (C=O) groups is 1. The standard InChI is InChI=1S/C13H13ClN2O2/c1-8-4-5-16(12(8)13(17)18)11-3-2-9(7-15)6-10(11)14/h2-3,6,8,12H,4-5H2,1H3,(H,17,18). The van der Waals surface area contributed by atoms with Crippen LogP contribution in [0.25, 0.3) is 0 Å². The van der Waals surface area contributed by atoms with Crippen LogP contribution in [-0.4, -0.2) is 23.7 Å². The summed E-state index contributed by atoms with van der Waals surface area (Å²) in [5, 5.41) is 18.5. The molecule has 1 saturated heterocycles. The molecule has 1 aromatic rings. The van der Waals surface area contributed by atoms with Gasteiger partial charge in [0, 0.05) is 6.54 Å². The molecule has 1 N–H and O–H groups in total. The van der Waals surface area contributed by atoms with Crippen LogP contribution < -0.4 is 4.90 Å². The van der Waals surface area contributed by atoms with Gasteiger partial charge in [0.2, 0.25) is 0 Å². The predicted molar refractivity (Wildman–Crippen MR) is 68.7 cm³/mol. The molecule has 1 aromatic carbocycles. The lowest BCUT2D eigenvalue weighted by molar-refractivity contribution is -0.139. The van der Waals surface area contributed by atoms with E-state index < -0.39 is 12.0 Å². The van der Waals surface area contributed by atoms with Crippen molar-refractivity contribution in [2.45, 2.75) is 19.4 Å². The minimum atomic E-state index is -0.833. The van der Waals surface area contributed by atoms with Crippen molar-refractivity contribution in [1.29, 1.82) is 5.26 Å². The van der Waals surface area contributed by atoms with E-state index in [0.29, 0.717) is 22.8 Å². The van der Waals surface area contributed by atoms with Gasteiger partial charge in [0.25, 0.3) is 0 Å². The van der Waals surface area contributed by atoms with Gasteiger partial charge in [0.1, 0.15) is 6.04 Å². The highest BCUT2D eigenvalue weighted by Crippen LogP contribution is 2.34. The maximum atomic E-state index is 11.3. The number of rotatable bonds is 2. The number of nitriles is 1. The fraction of sp³-hybridized carbons (Fsp3) is 0.385.